The molecule has 9 heteroatoms. The Morgan fingerprint density at radius 1 is 0.556 bits per heavy atom. The molecule has 0 radical (unpaired) electrons. The molecule has 3 rings (SSSR count). The molecule has 3 aromatic rings. The van der Waals surface area contributed by atoms with Crippen LogP contribution in [-0.4, -0.2) is 0 Å². The molecule has 0 aliphatic heterocycles. The molecule has 0 aliphatic rings. The fourth-order valence-corrected chi connectivity index (χ4v) is 5.24. The predicted molar refractivity (Wildman–Crippen MR) is 92.8 cm³/mol. The van der Waals surface area contributed by atoms with Gasteiger partial charge in [-0.15, -0.1) is 0 Å². The number of halogens is 7. The minimum Gasteiger partial charge on any atom is -0.207 e. The second kappa shape index (κ2) is 5.93. The van der Waals surface area contributed by atoms with Crippen LogP contribution in [0.3, 0.4) is 0 Å². The molecule has 0 saturated heterocycles. The summed E-state index contributed by atoms with van der Waals surface area (Å²) < 4.78 is 92.5. The van der Waals surface area contributed by atoms with Crippen LogP contribution in [0.4, 0.5) is 28.2 Å². The maximum absolute atomic E-state index is 13.2. The van der Waals surface area contributed by atoms with Gasteiger partial charge >= 0.3 is 10.2 Å². The van der Waals surface area contributed by atoms with Gasteiger partial charge in [0.1, 0.15) is 16.5 Å². The zero-order chi connectivity index (χ0) is 19.9. The van der Waals surface area contributed by atoms with Crippen molar-refractivity contribution >= 4 is 21.1 Å². The fourth-order valence-electron chi connectivity index (χ4n) is 2.39. The number of hydrogen-bond donors (Lipinski definition) is 0. The van der Waals surface area contributed by atoms with Crippen LogP contribution >= 0.6 is 10.2 Å². The first kappa shape index (κ1) is 19.6. The van der Waals surface area contributed by atoms with E-state index >= 15 is 0 Å². The molecular weight excluding hydrogens is 413 g/mol. The van der Waals surface area contributed by atoms with E-state index in [1.54, 1.807) is 0 Å². The van der Waals surface area contributed by atoms with Crippen molar-refractivity contribution in [3.05, 3.63) is 84.4 Å². The summed E-state index contributed by atoms with van der Waals surface area (Å²) in [6, 6.07) is 12.8. The third kappa shape index (κ3) is 4.59. The summed E-state index contributed by atoms with van der Waals surface area (Å²) in [5.74, 6) is -1.11. The Bertz CT molecular complexity index is 921. The van der Waals surface area contributed by atoms with E-state index in [-0.39, 0.29) is 4.90 Å². The highest BCUT2D eigenvalue weighted by atomic mass is 32.5. The highest BCUT2D eigenvalue weighted by molar-refractivity contribution is 8.45. The molecule has 0 saturated carbocycles. The first-order valence-corrected chi connectivity index (χ1v) is 10.6. The van der Waals surface area contributed by atoms with E-state index in [2.05, 4.69) is 0 Å². The van der Waals surface area contributed by atoms with E-state index in [0.29, 0.717) is 21.9 Å². The largest absolute Gasteiger partial charge is 0.310 e. The van der Waals surface area contributed by atoms with Crippen molar-refractivity contribution in [3.63, 3.8) is 0 Å². The molecule has 0 amide bonds. The van der Waals surface area contributed by atoms with Crippen molar-refractivity contribution in [3.8, 4) is 0 Å². The summed E-state index contributed by atoms with van der Waals surface area (Å²) >= 11 is 0. The number of hydrogen-bond acceptors (Lipinski definition) is 0. The Kier molecular flexibility index (Phi) is 4.31. The van der Waals surface area contributed by atoms with Gasteiger partial charge < -0.3 is 0 Å². The third-order valence-electron chi connectivity index (χ3n) is 3.59. The summed E-state index contributed by atoms with van der Waals surface area (Å²) in [6.45, 7) is 0. The van der Waals surface area contributed by atoms with Gasteiger partial charge in [-0.25, -0.2) is 8.78 Å². The van der Waals surface area contributed by atoms with Gasteiger partial charge in [-0.05, 0) is 60.7 Å². The van der Waals surface area contributed by atoms with Crippen LogP contribution in [0.25, 0.3) is 0 Å². The van der Waals surface area contributed by atoms with Crippen molar-refractivity contribution < 1.29 is 28.2 Å². The van der Waals surface area contributed by atoms with Gasteiger partial charge in [0, 0.05) is 6.07 Å². The van der Waals surface area contributed by atoms with Gasteiger partial charge in [-0.3, -0.25) is 0 Å². The van der Waals surface area contributed by atoms with Gasteiger partial charge in [0.2, 0.25) is 0 Å². The minimum atomic E-state index is -9.86. The molecule has 0 aromatic heterocycles. The molecule has 0 unspecified atom stereocenters. The van der Waals surface area contributed by atoms with Gasteiger partial charge in [0.25, 0.3) is 0 Å². The van der Waals surface area contributed by atoms with Crippen molar-refractivity contribution in [2.24, 2.45) is 0 Å². The van der Waals surface area contributed by atoms with Gasteiger partial charge in [-0.1, -0.05) is 25.5 Å². The Morgan fingerprint density at radius 2 is 1.00 bits per heavy atom. The summed E-state index contributed by atoms with van der Waals surface area (Å²) in [4.78, 5) is -1.24. The first-order chi connectivity index (χ1) is 12.3. The highest BCUT2D eigenvalue weighted by Crippen LogP contribution is 3.02. The molecule has 0 nitrogen and oxygen atoms in total. The zero-order valence-electron chi connectivity index (χ0n) is 13.4. The summed E-state index contributed by atoms with van der Waals surface area (Å²) in [5, 5.41) is 0. The molecule has 0 atom stereocenters. The van der Waals surface area contributed by atoms with Crippen LogP contribution in [0.5, 0.6) is 0 Å². The maximum Gasteiger partial charge on any atom is 0.310 e. The average molecular weight is 425 g/mol. The molecule has 3 aromatic carbocycles. The topological polar surface area (TPSA) is 0 Å². The van der Waals surface area contributed by atoms with Crippen LogP contribution in [0.2, 0.25) is 0 Å². The summed E-state index contributed by atoms with van der Waals surface area (Å²) in [7, 11) is -11.1. The lowest BCUT2D eigenvalue weighted by molar-refractivity contribution is 0.363. The number of benzene rings is 3. The molecule has 27 heavy (non-hydrogen) atoms. The normalized spacial score (nSPS) is 14.7. The van der Waals surface area contributed by atoms with Gasteiger partial charge in [0.15, 0.2) is 14.7 Å². The van der Waals surface area contributed by atoms with Crippen LogP contribution in [0.15, 0.2) is 92.4 Å². The molecule has 0 heterocycles. The first-order valence-electron chi connectivity index (χ1n) is 7.43. The minimum absolute atomic E-state index is 0.0426. The monoisotopic (exact) mass is 425 g/mol. The standard InChI is InChI=1S/C18H12F7S2/c19-13-4-8-15(9-5-13)26(16-10-6-14(20)7-11-16)17-2-1-3-18(12-17)27(21,22,23,24)25/h1-12H/q+1. The van der Waals surface area contributed by atoms with Crippen LogP contribution in [-0.2, 0) is 10.9 Å². The van der Waals surface area contributed by atoms with Crippen LogP contribution < -0.4 is 0 Å². The van der Waals surface area contributed by atoms with E-state index in [1.807, 2.05) is 0 Å². The maximum atomic E-state index is 13.2. The SMILES string of the molecule is Fc1ccc([S+](c2ccc(F)cc2)c2cccc(S(F)(F)(F)(F)F)c2)cc1. The molecule has 0 N–H and O–H groups in total. The van der Waals surface area contributed by atoms with Gasteiger partial charge in [-0.2, -0.15) is 0 Å². The average Bonchev–Trinajstić information content (AvgIpc) is 2.57. The molecule has 0 bridgehead atoms. The Labute approximate surface area is 153 Å². The lowest BCUT2D eigenvalue weighted by atomic mass is 10.3. The van der Waals surface area contributed by atoms with E-state index in [9.17, 15) is 28.2 Å². The molecule has 0 fully saturated rings. The molecule has 144 valence electrons. The van der Waals surface area contributed by atoms with Crippen molar-refractivity contribution in [2.75, 3.05) is 0 Å². The van der Waals surface area contributed by atoms with E-state index in [0.717, 1.165) is 30.3 Å². The Hall–Kier alpha value is -2.13. The smallest absolute Gasteiger partial charge is 0.207 e. The van der Waals surface area contributed by atoms with Gasteiger partial charge in [0.05, 0.1) is 10.9 Å². The summed E-state index contributed by atoms with van der Waals surface area (Å²) in [6.07, 6.45) is 0. The van der Waals surface area contributed by atoms with Crippen LogP contribution in [0, 0.1) is 11.6 Å². The predicted octanol–water partition coefficient (Wildman–Crippen LogP) is 7.72. The Morgan fingerprint density at radius 3 is 1.41 bits per heavy atom. The van der Waals surface area contributed by atoms with E-state index < -0.39 is 37.6 Å². The van der Waals surface area contributed by atoms with Crippen molar-refractivity contribution in [1.82, 2.24) is 0 Å². The van der Waals surface area contributed by atoms with Crippen molar-refractivity contribution in [1.29, 1.82) is 0 Å². The zero-order valence-corrected chi connectivity index (χ0v) is 15.0. The second-order valence-corrected chi connectivity index (χ2v) is 10.1. The quantitative estimate of drug-likeness (QED) is 0.297. The lowest BCUT2D eigenvalue weighted by Gasteiger charge is -2.40. The second-order valence-electron chi connectivity index (χ2n) is 5.66. The highest BCUT2D eigenvalue weighted by Gasteiger charge is 2.65. The summed E-state index contributed by atoms with van der Waals surface area (Å²) in [5.41, 5.74) is 0. The molecule has 0 aliphatic carbocycles. The van der Waals surface area contributed by atoms with E-state index in [4.69, 9.17) is 0 Å². The number of rotatable bonds is 4. The fraction of sp³-hybridized carbons (Fsp3) is 0. The Balaban J connectivity index is 2.20. The molecule has 0 spiro atoms. The lowest BCUT2D eigenvalue weighted by Crippen LogP contribution is -2.09. The molecular formula is C18H12F7S2+. The van der Waals surface area contributed by atoms with E-state index in [1.165, 1.54) is 30.3 Å². The van der Waals surface area contributed by atoms with Crippen molar-refractivity contribution in [2.45, 2.75) is 19.6 Å². The third-order valence-corrected chi connectivity index (χ3v) is 6.94. The van der Waals surface area contributed by atoms with Crippen LogP contribution in [0.1, 0.15) is 0 Å².